The van der Waals surface area contributed by atoms with E-state index < -0.39 is 0 Å². The molecule has 0 saturated carbocycles. The second-order valence-electron chi connectivity index (χ2n) is 8.90. The predicted octanol–water partition coefficient (Wildman–Crippen LogP) is 5.71. The number of carbonyl (C=O) groups is 4. The summed E-state index contributed by atoms with van der Waals surface area (Å²) >= 11 is 0. The molecule has 1 aliphatic rings. The number of fused-ring (bicyclic) bond motifs is 1. The average molecular weight is 413 g/mol. The number of ketones is 4. The first-order valence-corrected chi connectivity index (χ1v) is 11.4. The van der Waals surface area contributed by atoms with E-state index in [0.717, 1.165) is 36.0 Å². The van der Waals surface area contributed by atoms with Gasteiger partial charge in [0.15, 0.2) is 11.6 Å². The van der Waals surface area contributed by atoms with Crippen molar-refractivity contribution in [3.05, 3.63) is 34.4 Å². The Kier molecular flexibility index (Phi) is 8.69. The van der Waals surface area contributed by atoms with Crippen molar-refractivity contribution in [2.24, 2.45) is 17.8 Å². The highest BCUT2D eigenvalue weighted by Crippen LogP contribution is 2.37. The van der Waals surface area contributed by atoms with Crippen molar-refractivity contribution in [3.63, 3.8) is 0 Å². The molecule has 0 N–H and O–H groups in total. The Bertz CT molecular complexity index is 821. The molecule has 0 bridgehead atoms. The van der Waals surface area contributed by atoms with Gasteiger partial charge in [-0.15, -0.1) is 0 Å². The van der Waals surface area contributed by atoms with Gasteiger partial charge in [-0.3, -0.25) is 19.2 Å². The van der Waals surface area contributed by atoms with Crippen LogP contribution in [-0.4, -0.2) is 23.1 Å². The zero-order chi connectivity index (χ0) is 22.4. The minimum atomic E-state index is -0.139. The molecular weight excluding hydrogens is 376 g/mol. The van der Waals surface area contributed by atoms with Gasteiger partial charge in [-0.2, -0.15) is 0 Å². The lowest BCUT2D eigenvalue weighted by atomic mass is 9.71. The summed E-state index contributed by atoms with van der Waals surface area (Å²) in [6, 6.07) is 3.75. The average Bonchev–Trinajstić information content (AvgIpc) is 2.67. The third-order valence-electron chi connectivity index (χ3n) is 6.53. The van der Waals surface area contributed by atoms with Gasteiger partial charge >= 0.3 is 0 Å². The van der Waals surface area contributed by atoms with Gasteiger partial charge in [-0.05, 0) is 56.1 Å². The van der Waals surface area contributed by atoms with E-state index in [0.29, 0.717) is 31.2 Å². The molecule has 0 amide bonds. The molecule has 4 heteroatoms. The minimum Gasteiger partial charge on any atom is -0.300 e. The Balaban J connectivity index is 2.31. The number of carbonyl (C=O) groups excluding carboxylic acids is 4. The maximum absolute atomic E-state index is 13.0. The van der Waals surface area contributed by atoms with E-state index in [-0.39, 0.29) is 47.3 Å². The van der Waals surface area contributed by atoms with Crippen LogP contribution in [0, 0.1) is 24.7 Å². The maximum atomic E-state index is 13.0. The molecule has 0 spiro atoms. The van der Waals surface area contributed by atoms with Crippen LogP contribution in [0.1, 0.15) is 104 Å². The summed E-state index contributed by atoms with van der Waals surface area (Å²) in [5.74, 6) is 0.292. The fourth-order valence-electron chi connectivity index (χ4n) is 5.19. The first-order valence-electron chi connectivity index (χ1n) is 11.4. The molecule has 1 aromatic rings. The third kappa shape index (κ3) is 5.53. The summed E-state index contributed by atoms with van der Waals surface area (Å²) in [5, 5.41) is 0. The van der Waals surface area contributed by atoms with Crippen molar-refractivity contribution < 1.29 is 19.2 Å². The van der Waals surface area contributed by atoms with Crippen LogP contribution in [0.25, 0.3) is 0 Å². The molecule has 164 valence electrons. The van der Waals surface area contributed by atoms with E-state index in [1.165, 1.54) is 6.92 Å². The molecule has 0 heterocycles. The number of hydrogen-bond acceptors (Lipinski definition) is 4. The number of aryl methyl sites for hydroxylation is 1. The van der Waals surface area contributed by atoms with Gasteiger partial charge in [0.05, 0.1) is 6.42 Å². The van der Waals surface area contributed by atoms with Crippen LogP contribution in [0.3, 0.4) is 0 Å². The molecular formula is C26H36O4. The highest BCUT2D eigenvalue weighted by atomic mass is 16.1. The Morgan fingerprint density at radius 3 is 2.37 bits per heavy atom. The quantitative estimate of drug-likeness (QED) is 0.345. The van der Waals surface area contributed by atoms with Crippen LogP contribution in [0.15, 0.2) is 12.1 Å². The van der Waals surface area contributed by atoms with Crippen molar-refractivity contribution in [3.8, 4) is 0 Å². The van der Waals surface area contributed by atoms with Gasteiger partial charge in [0.2, 0.25) is 0 Å². The summed E-state index contributed by atoms with van der Waals surface area (Å²) in [6.45, 7) is 9.36. The van der Waals surface area contributed by atoms with Gasteiger partial charge in [0.1, 0.15) is 11.6 Å². The fourth-order valence-corrected chi connectivity index (χ4v) is 5.19. The molecule has 3 unspecified atom stereocenters. The van der Waals surface area contributed by atoms with Crippen LogP contribution in [0.2, 0.25) is 0 Å². The SMILES string of the molecule is CCCC(CC1CC(=O)c2c(C)ccc(C(=O)CC)c2C1)C(CC)C(=O)CC(C)=O. The lowest BCUT2D eigenvalue weighted by Gasteiger charge is -2.32. The fraction of sp³-hybridized carbons (Fsp3) is 0.615. The van der Waals surface area contributed by atoms with Crippen molar-refractivity contribution in [1.29, 1.82) is 0 Å². The van der Waals surface area contributed by atoms with Gasteiger partial charge in [-0.1, -0.05) is 45.7 Å². The molecule has 0 aliphatic heterocycles. The lowest BCUT2D eigenvalue weighted by molar-refractivity contribution is -0.129. The van der Waals surface area contributed by atoms with E-state index in [2.05, 4.69) is 6.92 Å². The number of hydrogen-bond donors (Lipinski definition) is 0. The summed E-state index contributed by atoms with van der Waals surface area (Å²) < 4.78 is 0. The monoisotopic (exact) mass is 412 g/mol. The third-order valence-corrected chi connectivity index (χ3v) is 6.53. The molecule has 1 aromatic carbocycles. The molecule has 4 nitrogen and oxygen atoms in total. The van der Waals surface area contributed by atoms with Gasteiger partial charge < -0.3 is 0 Å². The summed E-state index contributed by atoms with van der Waals surface area (Å²) in [4.78, 5) is 49.7. The highest BCUT2D eigenvalue weighted by molar-refractivity contribution is 6.05. The summed E-state index contributed by atoms with van der Waals surface area (Å²) in [7, 11) is 0. The molecule has 0 saturated heterocycles. The van der Waals surface area contributed by atoms with Crippen LogP contribution < -0.4 is 0 Å². The second kappa shape index (κ2) is 10.8. The minimum absolute atomic E-state index is 0.000500. The molecule has 0 aromatic heterocycles. The van der Waals surface area contributed by atoms with Crippen LogP contribution in [-0.2, 0) is 16.0 Å². The van der Waals surface area contributed by atoms with Crippen LogP contribution in [0.5, 0.6) is 0 Å². The zero-order valence-electron chi connectivity index (χ0n) is 19.2. The van der Waals surface area contributed by atoms with E-state index in [4.69, 9.17) is 0 Å². The second-order valence-corrected chi connectivity index (χ2v) is 8.90. The van der Waals surface area contributed by atoms with E-state index >= 15 is 0 Å². The Morgan fingerprint density at radius 2 is 1.80 bits per heavy atom. The number of rotatable bonds is 11. The van der Waals surface area contributed by atoms with Crippen molar-refractivity contribution in [2.75, 3.05) is 0 Å². The van der Waals surface area contributed by atoms with Crippen LogP contribution in [0.4, 0.5) is 0 Å². The zero-order valence-corrected chi connectivity index (χ0v) is 19.2. The number of Topliss-reactive ketones (excluding diaryl/α,β-unsaturated/α-hetero) is 4. The van der Waals surface area contributed by atoms with Crippen LogP contribution >= 0.6 is 0 Å². The predicted molar refractivity (Wildman–Crippen MR) is 119 cm³/mol. The molecule has 30 heavy (non-hydrogen) atoms. The van der Waals surface area contributed by atoms with E-state index in [9.17, 15) is 19.2 Å². The molecule has 0 fully saturated rings. The molecule has 2 rings (SSSR count). The first-order chi connectivity index (χ1) is 14.2. The maximum Gasteiger partial charge on any atom is 0.163 e. The first kappa shape index (κ1) is 24.2. The van der Waals surface area contributed by atoms with Crippen molar-refractivity contribution in [1.82, 2.24) is 0 Å². The Morgan fingerprint density at radius 1 is 1.10 bits per heavy atom. The smallest absolute Gasteiger partial charge is 0.163 e. The number of benzene rings is 1. The molecule has 1 aliphatic carbocycles. The largest absolute Gasteiger partial charge is 0.300 e. The lowest BCUT2D eigenvalue weighted by Crippen LogP contribution is -2.30. The summed E-state index contributed by atoms with van der Waals surface area (Å²) in [6.07, 6.45) is 4.97. The highest BCUT2D eigenvalue weighted by Gasteiger charge is 2.34. The Hall–Kier alpha value is -2.10. The van der Waals surface area contributed by atoms with E-state index in [1.807, 2.05) is 32.9 Å². The Labute approximate surface area is 180 Å². The molecule has 3 atom stereocenters. The summed E-state index contributed by atoms with van der Waals surface area (Å²) in [5.41, 5.74) is 3.26. The van der Waals surface area contributed by atoms with Crippen molar-refractivity contribution >= 4 is 23.1 Å². The topological polar surface area (TPSA) is 68.3 Å². The normalized spacial score (nSPS) is 17.9. The van der Waals surface area contributed by atoms with Crippen molar-refractivity contribution in [2.45, 2.75) is 86.0 Å². The standard InChI is InChI=1S/C26H36O4/c1-6-9-19(20(7-2)24(29)12-17(5)27)13-18-14-22-21(23(28)8-3)11-10-16(4)26(22)25(30)15-18/h10-11,18-20H,6-9,12-15H2,1-5H3. The van der Waals surface area contributed by atoms with Gasteiger partial charge in [0.25, 0.3) is 0 Å². The molecule has 0 radical (unpaired) electrons. The van der Waals surface area contributed by atoms with Gasteiger partial charge in [-0.25, -0.2) is 0 Å². The van der Waals surface area contributed by atoms with E-state index in [1.54, 1.807) is 0 Å². The van der Waals surface area contributed by atoms with Gasteiger partial charge in [0, 0.05) is 29.9 Å².